The van der Waals surface area contributed by atoms with Gasteiger partial charge >= 0.3 is 0 Å². The summed E-state index contributed by atoms with van der Waals surface area (Å²) in [5.74, 6) is 1.89. The number of likely N-dealkylation sites (N-methyl/N-ethyl adjacent to an activating group) is 1. The third kappa shape index (κ3) is 5.02. The van der Waals surface area contributed by atoms with Crippen LogP contribution in [0.25, 0.3) is 0 Å². The third-order valence-corrected chi connectivity index (χ3v) is 5.59. The molecular formula is C24H29N3O6. The van der Waals surface area contributed by atoms with Crippen molar-refractivity contribution in [2.24, 2.45) is 5.10 Å². The van der Waals surface area contributed by atoms with Gasteiger partial charge in [0.15, 0.2) is 11.5 Å². The Kier molecular flexibility index (Phi) is 7.42. The average Bonchev–Trinajstić information content (AvgIpc) is 3.28. The molecule has 0 saturated carbocycles. The Morgan fingerprint density at radius 1 is 0.970 bits per heavy atom. The van der Waals surface area contributed by atoms with Gasteiger partial charge in [0.05, 0.1) is 40.2 Å². The van der Waals surface area contributed by atoms with Crippen molar-refractivity contribution in [3.05, 3.63) is 47.5 Å². The number of carbonyl (C=O) groups excluding carboxylic acids is 2. The zero-order valence-electron chi connectivity index (χ0n) is 19.7. The van der Waals surface area contributed by atoms with E-state index in [0.717, 1.165) is 11.1 Å². The second-order valence-corrected chi connectivity index (χ2v) is 7.56. The Morgan fingerprint density at radius 3 is 2.27 bits per heavy atom. The van der Waals surface area contributed by atoms with E-state index in [-0.39, 0.29) is 24.4 Å². The zero-order chi connectivity index (χ0) is 24.1. The molecule has 2 aromatic carbocycles. The lowest BCUT2D eigenvalue weighted by molar-refractivity contribution is -0.139. The minimum atomic E-state index is -0.389. The molecule has 1 aliphatic rings. The highest BCUT2D eigenvalue weighted by molar-refractivity contribution is 6.05. The Labute approximate surface area is 193 Å². The van der Waals surface area contributed by atoms with Gasteiger partial charge in [-0.1, -0.05) is 6.07 Å². The van der Waals surface area contributed by atoms with Crippen molar-refractivity contribution in [2.75, 3.05) is 42.0 Å². The standard InChI is InChI=1S/C24H29N3O6/c1-15(28)26(2)14-24(29)27-20(16-7-10-21(31-4)23(11-16)33-6)13-19(25-27)18-9-8-17(30-3)12-22(18)32-5/h7-12,20H,13-14H2,1-6H3/t20-/m0/s1. The molecule has 2 amide bonds. The summed E-state index contributed by atoms with van der Waals surface area (Å²) in [6.45, 7) is 1.33. The average molecular weight is 456 g/mol. The molecule has 0 aliphatic carbocycles. The van der Waals surface area contributed by atoms with E-state index in [0.29, 0.717) is 35.1 Å². The van der Waals surface area contributed by atoms with Crippen LogP contribution in [-0.4, -0.2) is 69.5 Å². The van der Waals surface area contributed by atoms with E-state index in [1.807, 2.05) is 24.3 Å². The highest BCUT2D eigenvalue weighted by Crippen LogP contribution is 2.39. The van der Waals surface area contributed by atoms with Crippen molar-refractivity contribution in [1.29, 1.82) is 0 Å². The summed E-state index contributed by atoms with van der Waals surface area (Å²) in [5, 5.41) is 6.09. The van der Waals surface area contributed by atoms with Gasteiger partial charge in [0.1, 0.15) is 18.0 Å². The molecule has 2 aromatic rings. The molecule has 0 bridgehead atoms. The first kappa shape index (κ1) is 23.9. The molecule has 0 radical (unpaired) electrons. The van der Waals surface area contributed by atoms with Crippen LogP contribution >= 0.6 is 0 Å². The maximum Gasteiger partial charge on any atom is 0.262 e. The lowest BCUT2D eigenvalue weighted by Gasteiger charge is -2.25. The van der Waals surface area contributed by atoms with E-state index in [4.69, 9.17) is 18.9 Å². The van der Waals surface area contributed by atoms with Crippen molar-refractivity contribution in [1.82, 2.24) is 9.91 Å². The Hall–Kier alpha value is -3.75. The lowest BCUT2D eigenvalue weighted by atomic mass is 9.97. The van der Waals surface area contributed by atoms with Crippen LogP contribution in [0.3, 0.4) is 0 Å². The maximum atomic E-state index is 13.2. The predicted octanol–water partition coefficient (Wildman–Crippen LogP) is 2.88. The second-order valence-electron chi connectivity index (χ2n) is 7.56. The van der Waals surface area contributed by atoms with Crippen LogP contribution in [0.1, 0.15) is 30.5 Å². The van der Waals surface area contributed by atoms with Gasteiger partial charge < -0.3 is 23.8 Å². The molecule has 176 valence electrons. The zero-order valence-corrected chi connectivity index (χ0v) is 19.7. The molecule has 0 N–H and O–H groups in total. The maximum absolute atomic E-state index is 13.2. The van der Waals surface area contributed by atoms with E-state index in [1.54, 1.807) is 47.6 Å². The normalized spacial score (nSPS) is 15.0. The first-order valence-electron chi connectivity index (χ1n) is 10.4. The van der Waals surface area contributed by atoms with Gasteiger partial charge in [-0.2, -0.15) is 5.10 Å². The summed E-state index contributed by atoms with van der Waals surface area (Å²) in [5.41, 5.74) is 2.28. The molecule has 3 rings (SSSR count). The lowest BCUT2D eigenvalue weighted by Crippen LogP contribution is -2.38. The van der Waals surface area contributed by atoms with E-state index in [9.17, 15) is 9.59 Å². The number of rotatable bonds is 8. The van der Waals surface area contributed by atoms with Crippen LogP contribution in [0.5, 0.6) is 23.0 Å². The Balaban J connectivity index is 2.03. The number of benzene rings is 2. The van der Waals surface area contributed by atoms with Gasteiger partial charge in [-0.15, -0.1) is 0 Å². The van der Waals surface area contributed by atoms with E-state index in [2.05, 4.69) is 5.10 Å². The number of methoxy groups -OCH3 is 4. The van der Waals surface area contributed by atoms with Crippen molar-refractivity contribution < 1.29 is 28.5 Å². The van der Waals surface area contributed by atoms with Gasteiger partial charge in [0.2, 0.25) is 5.91 Å². The predicted molar refractivity (Wildman–Crippen MR) is 123 cm³/mol. The quantitative estimate of drug-likeness (QED) is 0.608. The van der Waals surface area contributed by atoms with E-state index in [1.165, 1.54) is 16.8 Å². The summed E-state index contributed by atoms with van der Waals surface area (Å²) < 4.78 is 21.6. The number of hydrogen-bond donors (Lipinski definition) is 0. The second kappa shape index (κ2) is 10.2. The summed E-state index contributed by atoms with van der Waals surface area (Å²) in [4.78, 5) is 26.2. The molecule has 1 aliphatic heterocycles. The highest BCUT2D eigenvalue weighted by atomic mass is 16.5. The van der Waals surface area contributed by atoms with Crippen LogP contribution in [0.4, 0.5) is 0 Å². The molecule has 9 nitrogen and oxygen atoms in total. The van der Waals surface area contributed by atoms with Crippen molar-refractivity contribution in [2.45, 2.75) is 19.4 Å². The number of nitrogens with zero attached hydrogens (tertiary/aromatic N) is 3. The van der Waals surface area contributed by atoms with Crippen LogP contribution in [-0.2, 0) is 9.59 Å². The molecule has 1 heterocycles. The largest absolute Gasteiger partial charge is 0.497 e. The summed E-state index contributed by atoms with van der Waals surface area (Å²) in [6.07, 6.45) is 0.452. The van der Waals surface area contributed by atoms with Crippen molar-refractivity contribution in [3.63, 3.8) is 0 Å². The Morgan fingerprint density at radius 2 is 1.67 bits per heavy atom. The van der Waals surface area contributed by atoms with E-state index < -0.39 is 0 Å². The van der Waals surface area contributed by atoms with Crippen molar-refractivity contribution >= 4 is 17.5 Å². The van der Waals surface area contributed by atoms with Crippen LogP contribution in [0, 0.1) is 0 Å². The molecule has 0 unspecified atom stereocenters. The number of carbonyl (C=O) groups is 2. The Bertz CT molecular complexity index is 1070. The van der Waals surface area contributed by atoms with Crippen LogP contribution < -0.4 is 18.9 Å². The fourth-order valence-corrected chi connectivity index (χ4v) is 3.65. The molecule has 1 atom stereocenters. The van der Waals surface area contributed by atoms with Crippen LogP contribution in [0.2, 0.25) is 0 Å². The highest BCUT2D eigenvalue weighted by Gasteiger charge is 2.35. The van der Waals surface area contributed by atoms with Gasteiger partial charge in [0.25, 0.3) is 5.91 Å². The smallest absolute Gasteiger partial charge is 0.262 e. The first-order chi connectivity index (χ1) is 15.8. The minimum absolute atomic E-state index is 0.0876. The molecule has 0 saturated heterocycles. The fraction of sp³-hybridized carbons (Fsp3) is 0.375. The molecule has 33 heavy (non-hydrogen) atoms. The number of ether oxygens (including phenoxy) is 4. The summed E-state index contributed by atoms with van der Waals surface area (Å²) in [6, 6.07) is 10.6. The number of amides is 2. The first-order valence-corrected chi connectivity index (χ1v) is 10.4. The van der Waals surface area contributed by atoms with Gasteiger partial charge in [0, 0.05) is 32.0 Å². The minimum Gasteiger partial charge on any atom is -0.497 e. The summed E-state index contributed by atoms with van der Waals surface area (Å²) in [7, 11) is 7.87. The molecule has 0 fully saturated rings. The summed E-state index contributed by atoms with van der Waals surface area (Å²) >= 11 is 0. The topological polar surface area (TPSA) is 89.9 Å². The van der Waals surface area contributed by atoms with Crippen LogP contribution in [0.15, 0.2) is 41.5 Å². The van der Waals surface area contributed by atoms with E-state index >= 15 is 0 Å². The fourth-order valence-electron chi connectivity index (χ4n) is 3.65. The molecule has 0 aromatic heterocycles. The van der Waals surface area contributed by atoms with Gasteiger partial charge in [-0.25, -0.2) is 5.01 Å². The molecule has 9 heteroatoms. The molecular weight excluding hydrogens is 426 g/mol. The SMILES string of the molecule is COc1ccc(C2=NN(C(=O)CN(C)C(C)=O)[C@H](c3ccc(OC)c(OC)c3)C2)c(OC)c1. The monoisotopic (exact) mass is 455 g/mol. The third-order valence-electron chi connectivity index (χ3n) is 5.59. The number of hydrogen-bond acceptors (Lipinski definition) is 7. The number of hydrazone groups is 1. The van der Waals surface area contributed by atoms with Gasteiger partial charge in [-0.3, -0.25) is 9.59 Å². The van der Waals surface area contributed by atoms with Crippen molar-refractivity contribution in [3.8, 4) is 23.0 Å². The van der Waals surface area contributed by atoms with Gasteiger partial charge in [-0.05, 0) is 29.8 Å². The molecule has 0 spiro atoms.